The van der Waals surface area contributed by atoms with Crippen molar-refractivity contribution in [3.8, 4) is 5.75 Å². The molecule has 1 amide bonds. The molecule has 1 atom stereocenters. The highest BCUT2D eigenvalue weighted by atomic mass is 35.5. The highest BCUT2D eigenvalue weighted by Crippen LogP contribution is 2.25. The Morgan fingerprint density at radius 2 is 2.12 bits per heavy atom. The van der Waals surface area contributed by atoms with Gasteiger partial charge in [-0.05, 0) is 41.8 Å². The second kappa shape index (κ2) is 9.01. The predicted molar refractivity (Wildman–Crippen MR) is 102 cm³/mol. The number of amides is 1. The fourth-order valence-corrected chi connectivity index (χ4v) is 3.27. The van der Waals surface area contributed by atoms with Crippen molar-refractivity contribution in [3.05, 3.63) is 65.0 Å². The molecule has 1 aliphatic heterocycles. The summed E-state index contributed by atoms with van der Waals surface area (Å²) in [7, 11) is 1.63. The zero-order valence-corrected chi connectivity index (χ0v) is 15.8. The van der Waals surface area contributed by atoms with Crippen LogP contribution in [0.1, 0.15) is 22.7 Å². The van der Waals surface area contributed by atoms with Gasteiger partial charge in [0.05, 0.1) is 19.6 Å². The van der Waals surface area contributed by atoms with Crippen LogP contribution in [0.3, 0.4) is 0 Å². The van der Waals surface area contributed by atoms with Crippen LogP contribution in [-0.2, 0) is 11.2 Å². The molecule has 2 aromatic carbocycles. The molecule has 1 unspecified atom stereocenters. The van der Waals surface area contributed by atoms with E-state index in [0.717, 1.165) is 29.0 Å². The Kier molecular flexibility index (Phi) is 7.00. The third-order valence-electron chi connectivity index (χ3n) is 4.63. The quantitative estimate of drug-likeness (QED) is 0.887. The van der Waals surface area contributed by atoms with Crippen molar-refractivity contribution in [1.29, 1.82) is 0 Å². The molecule has 0 bridgehead atoms. The Bertz CT molecular complexity index is 769. The molecule has 26 heavy (non-hydrogen) atoms. The molecule has 140 valence electrons. The first kappa shape index (κ1) is 20.2. The first-order valence-electron chi connectivity index (χ1n) is 8.47. The van der Waals surface area contributed by atoms with Crippen LogP contribution >= 0.6 is 12.4 Å². The number of carbonyl (C=O) groups is 1. The lowest BCUT2D eigenvalue weighted by atomic mass is 10.0. The Balaban J connectivity index is 0.00000243. The molecule has 1 N–H and O–H groups in total. The van der Waals surface area contributed by atoms with Crippen LogP contribution in [0.25, 0.3) is 0 Å². The summed E-state index contributed by atoms with van der Waals surface area (Å²) in [6, 6.07) is 12.2. The molecule has 0 aliphatic carbocycles. The molecule has 3 rings (SSSR count). The number of nitrogens with one attached hydrogen (secondary N) is 1. The monoisotopic (exact) mass is 378 g/mol. The Hall–Kier alpha value is -2.11. The summed E-state index contributed by atoms with van der Waals surface area (Å²) >= 11 is 0. The normalized spacial score (nSPS) is 16.7. The van der Waals surface area contributed by atoms with E-state index in [0.29, 0.717) is 19.5 Å². The number of methoxy groups -OCH3 is 1. The largest absolute Gasteiger partial charge is 0.496 e. The van der Waals surface area contributed by atoms with E-state index in [4.69, 9.17) is 4.74 Å². The maximum absolute atomic E-state index is 13.6. The van der Waals surface area contributed by atoms with E-state index in [1.54, 1.807) is 13.2 Å². The molecule has 1 saturated heterocycles. The van der Waals surface area contributed by atoms with Crippen LogP contribution < -0.4 is 10.1 Å². The molecule has 0 saturated carbocycles. The van der Waals surface area contributed by atoms with E-state index in [2.05, 4.69) is 5.32 Å². The lowest BCUT2D eigenvalue weighted by Gasteiger charge is -2.36. The van der Waals surface area contributed by atoms with Crippen LogP contribution in [0.5, 0.6) is 5.75 Å². The van der Waals surface area contributed by atoms with Gasteiger partial charge in [0, 0.05) is 19.6 Å². The van der Waals surface area contributed by atoms with Gasteiger partial charge in [-0.2, -0.15) is 0 Å². The molecule has 0 radical (unpaired) electrons. The molecule has 4 nitrogen and oxygen atoms in total. The van der Waals surface area contributed by atoms with E-state index in [1.807, 2.05) is 36.1 Å². The summed E-state index contributed by atoms with van der Waals surface area (Å²) in [5.41, 5.74) is 2.78. The summed E-state index contributed by atoms with van der Waals surface area (Å²) < 4.78 is 18.9. The SMILES string of the molecule is COc1cc(CC(=O)N2CCNCC2c2cccc(F)c2)ccc1C.Cl. The van der Waals surface area contributed by atoms with E-state index in [1.165, 1.54) is 12.1 Å². The predicted octanol–water partition coefficient (Wildman–Crippen LogP) is 3.28. The number of halogens is 2. The fraction of sp³-hybridized carbons (Fsp3) is 0.350. The Morgan fingerprint density at radius 1 is 1.31 bits per heavy atom. The van der Waals surface area contributed by atoms with E-state index in [-0.39, 0.29) is 30.2 Å². The molecular weight excluding hydrogens is 355 g/mol. The van der Waals surface area contributed by atoms with Crippen molar-refractivity contribution in [2.75, 3.05) is 26.7 Å². The van der Waals surface area contributed by atoms with Crippen LogP contribution in [0, 0.1) is 12.7 Å². The molecule has 1 fully saturated rings. The van der Waals surface area contributed by atoms with Gasteiger partial charge in [0.15, 0.2) is 0 Å². The topological polar surface area (TPSA) is 41.6 Å². The van der Waals surface area contributed by atoms with Crippen molar-refractivity contribution < 1.29 is 13.9 Å². The van der Waals surface area contributed by atoms with E-state index >= 15 is 0 Å². The van der Waals surface area contributed by atoms with Gasteiger partial charge in [-0.15, -0.1) is 12.4 Å². The smallest absolute Gasteiger partial charge is 0.227 e. The molecule has 1 aliphatic rings. The van der Waals surface area contributed by atoms with Crippen LogP contribution in [-0.4, -0.2) is 37.6 Å². The minimum absolute atomic E-state index is 0. The average Bonchev–Trinajstić information content (AvgIpc) is 2.63. The number of nitrogens with zero attached hydrogens (tertiary/aromatic N) is 1. The number of piperazine rings is 1. The maximum atomic E-state index is 13.6. The third kappa shape index (κ3) is 4.54. The third-order valence-corrected chi connectivity index (χ3v) is 4.63. The zero-order chi connectivity index (χ0) is 17.8. The average molecular weight is 379 g/mol. The van der Waals surface area contributed by atoms with Crippen molar-refractivity contribution in [2.45, 2.75) is 19.4 Å². The van der Waals surface area contributed by atoms with Gasteiger partial charge >= 0.3 is 0 Å². The minimum atomic E-state index is -0.279. The first-order chi connectivity index (χ1) is 12.1. The molecule has 6 heteroatoms. The lowest BCUT2D eigenvalue weighted by molar-refractivity contribution is -0.133. The van der Waals surface area contributed by atoms with E-state index < -0.39 is 0 Å². The minimum Gasteiger partial charge on any atom is -0.496 e. The van der Waals surface area contributed by atoms with Crippen LogP contribution in [0.15, 0.2) is 42.5 Å². The summed E-state index contributed by atoms with van der Waals surface area (Å²) in [4.78, 5) is 14.7. The zero-order valence-electron chi connectivity index (χ0n) is 15.0. The number of ether oxygens (including phenoxy) is 1. The summed E-state index contributed by atoms with van der Waals surface area (Å²) in [6.45, 7) is 3.96. The number of aryl methyl sites for hydroxylation is 1. The van der Waals surface area contributed by atoms with Gasteiger partial charge in [0.25, 0.3) is 0 Å². The highest BCUT2D eigenvalue weighted by molar-refractivity contribution is 5.85. The van der Waals surface area contributed by atoms with Gasteiger partial charge in [0.2, 0.25) is 5.91 Å². The van der Waals surface area contributed by atoms with Gasteiger partial charge < -0.3 is 15.0 Å². The second-order valence-corrected chi connectivity index (χ2v) is 6.34. The van der Waals surface area contributed by atoms with Crippen molar-refractivity contribution in [2.24, 2.45) is 0 Å². The molecule has 0 spiro atoms. The van der Waals surface area contributed by atoms with Gasteiger partial charge in [0.1, 0.15) is 11.6 Å². The summed E-state index contributed by atoms with van der Waals surface area (Å²) in [5.74, 6) is 0.549. The second-order valence-electron chi connectivity index (χ2n) is 6.34. The van der Waals surface area contributed by atoms with Crippen molar-refractivity contribution >= 4 is 18.3 Å². The number of rotatable bonds is 4. The number of hydrogen-bond acceptors (Lipinski definition) is 3. The highest BCUT2D eigenvalue weighted by Gasteiger charge is 2.28. The van der Waals surface area contributed by atoms with Crippen LogP contribution in [0.4, 0.5) is 4.39 Å². The summed E-state index contributed by atoms with van der Waals surface area (Å²) in [5, 5.41) is 3.29. The van der Waals surface area contributed by atoms with Gasteiger partial charge in [-0.1, -0.05) is 24.3 Å². The number of carbonyl (C=O) groups excluding carboxylic acids is 1. The molecule has 1 heterocycles. The molecular formula is C20H24ClFN2O2. The van der Waals surface area contributed by atoms with Crippen LogP contribution in [0.2, 0.25) is 0 Å². The van der Waals surface area contributed by atoms with E-state index in [9.17, 15) is 9.18 Å². The van der Waals surface area contributed by atoms with Gasteiger partial charge in [-0.3, -0.25) is 4.79 Å². The van der Waals surface area contributed by atoms with Gasteiger partial charge in [-0.25, -0.2) is 4.39 Å². The molecule has 0 aromatic heterocycles. The Morgan fingerprint density at radius 3 is 2.85 bits per heavy atom. The fourth-order valence-electron chi connectivity index (χ4n) is 3.27. The number of hydrogen-bond donors (Lipinski definition) is 1. The Labute approximate surface area is 159 Å². The summed E-state index contributed by atoms with van der Waals surface area (Å²) in [6.07, 6.45) is 0.308. The standard InChI is InChI=1S/C20H23FN2O2.ClH/c1-14-6-7-15(10-19(14)25-2)11-20(24)23-9-8-22-13-18(23)16-4-3-5-17(21)12-16;/h3-7,10,12,18,22H,8-9,11,13H2,1-2H3;1H. The first-order valence-corrected chi connectivity index (χ1v) is 8.47. The lowest BCUT2D eigenvalue weighted by Crippen LogP contribution is -2.49. The maximum Gasteiger partial charge on any atom is 0.227 e. The van der Waals surface area contributed by atoms with Crippen molar-refractivity contribution in [1.82, 2.24) is 10.2 Å². The van der Waals surface area contributed by atoms with Crippen molar-refractivity contribution in [3.63, 3.8) is 0 Å². The molecule has 2 aromatic rings. The number of benzene rings is 2.